The first-order valence-electron chi connectivity index (χ1n) is 7.65. The smallest absolute Gasteiger partial charge is 0.252 e. The summed E-state index contributed by atoms with van der Waals surface area (Å²) < 4.78 is 1.43. The largest absolute Gasteiger partial charge is 0.310 e. The highest BCUT2D eigenvalue weighted by molar-refractivity contribution is 7.13. The van der Waals surface area contributed by atoms with E-state index >= 15 is 0 Å². The van der Waals surface area contributed by atoms with Gasteiger partial charge in [-0.1, -0.05) is 6.07 Å². The van der Waals surface area contributed by atoms with Crippen molar-refractivity contribution in [1.29, 1.82) is 0 Å². The number of rotatable bonds is 6. The van der Waals surface area contributed by atoms with E-state index in [1.54, 1.807) is 13.0 Å². The van der Waals surface area contributed by atoms with Crippen LogP contribution in [0.15, 0.2) is 34.4 Å². The van der Waals surface area contributed by atoms with Gasteiger partial charge < -0.3 is 5.32 Å². The molecule has 0 saturated heterocycles. The van der Waals surface area contributed by atoms with E-state index in [0.29, 0.717) is 35.9 Å². The van der Waals surface area contributed by atoms with E-state index in [0.717, 1.165) is 4.88 Å². The molecule has 2 N–H and O–H groups in total. The Balaban J connectivity index is 2.02. The van der Waals surface area contributed by atoms with Gasteiger partial charge in [0.1, 0.15) is 11.5 Å². The Kier molecular flexibility index (Phi) is 5.30. The van der Waals surface area contributed by atoms with E-state index < -0.39 is 0 Å². The first-order valence-corrected chi connectivity index (χ1v) is 9.06. The van der Waals surface area contributed by atoms with Gasteiger partial charge in [-0.25, -0.2) is 4.98 Å². The lowest BCUT2D eigenvalue weighted by Gasteiger charge is -2.08. The van der Waals surface area contributed by atoms with Crippen molar-refractivity contribution in [2.75, 3.05) is 11.2 Å². The summed E-state index contributed by atoms with van der Waals surface area (Å²) in [5.41, 5.74) is 0.966. The van der Waals surface area contributed by atoms with Crippen LogP contribution < -0.4 is 10.9 Å². The number of hydrogen-bond acceptors (Lipinski definition) is 5. The minimum Gasteiger partial charge on any atom is -0.310 e. The fourth-order valence-corrected chi connectivity index (χ4v) is 3.09. The molecule has 130 valence electrons. The first kappa shape index (κ1) is 17.4. The van der Waals surface area contributed by atoms with Crippen LogP contribution in [0.3, 0.4) is 0 Å². The maximum Gasteiger partial charge on any atom is 0.252 e. The van der Waals surface area contributed by atoms with Gasteiger partial charge in [0.2, 0.25) is 11.9 Å². The molecule has 0 aliphatic heterocycles. The zero-order valence-electron chi connectivity index (χ0n) is 13.5. The van der Waals surface area contributed by atoms with Gasteiger partial charge in [-0.3, -0.25) is 14.6 Å². The third-order valence-electron chi connectivity index (χ3n) is 3.35. The number of H-pyrrole nitrogens is 1. The Labute approximate surface area is 152 Å². The van der Waals surface area contributed by atoms with E-state index in [-0.39, 0.29) is 17.4 Å². The number of nitrogens with one attached hydrogen (secondary N) is 2. The van der Waals surface area contributed by atoms with Crippen LogP contribution in [-0.2, 0) is 4.79 Å². The van der Waals surface area contributed by atoms with Crippen molar-refractivity contribution in [3.63, 3.8) is 0 Å². The highest BCUT2D eigenvalue weighted by Crippen LogP contribution is 2.27. The number of thiophene rings is 1. The lowest BCUT2D eigenvalue weighted by molar-refractivity contribution is -0.116. The normalized spacial score (nSPS) is 10.8. The monoisotopic (exact) mass is 377 g/mol. The second kappa shape index (κ2) is 7.62. The molecule has 0 aliphatic rings. The molecule has 3 aromatic rings. The minimum absolute atomic E-state index is 0.172. The number of carbonyl (C=O) groups is 1. The number of aromatic amines is 1. The molecular formula is C16H16ClN5O2S. The molecule has 0 atom stereocenters. The van der Waals surface area contributed by atoms with Crippen LogP contribution in [0.2, 0.25) is 0 Å². The summed E-state index contributed by atoms with van der Waals surface area (Å²) in [7, 11) is 0. The van der Waals surface area contributed by atoms with Gasteiger partial charge in [0, 0.05) is 30.1 Å². The summed E-state index contributed by atoms with van der Waals surface area (Å²) in [5.74, 6) is 0.937. The number of aromatic nitrogens is 4. The van der Waals surface area contributed by atoms with Crippen molar-refractivity contribution in [3.05, 3.63) is 45.7 Å². The van der Waals surface area contributed by atoms with Crippen LogP contribution in [-0.4, -0.2) is 31.5 Å². The second-order valence-corrected chi connectivity index (χ2v) is 6.68. The molecule has 0 spiro atoms. The van der Waals surface area contributed by atoms with Gasteiger partial charge in [0.25, 0.3) is 5.56 Å². The molecule has 0 aliphatic carbocycles. The van der Waals surface area contributed by atoms with Gasteiger partial charge in [0.15, 0.2) is 0 Å². The molecule has 3 rings (SSSR count). The quantitative estimate of drug-likeness (QED) is 0.646. The summed E-state index contributed by atoms with van der Waals surface area (Å²) in [6, 6.07) is 7.01. The Hall–Kier alpha value is -2.45. The Morgan fingerprint density at radius 1 is 1.44 bits per heavy atom. The number of halogens is 1. The molecular weight excluding hydrogens is 362 g/mol. The summed E-state index contributed by atoms with van der Waals surface area (Å²) in [4.78, 5) is 31.7. The van der Waals surface area contributed by atoms with Crippen LogP contribution in [0.5, 0.6) is 0 Å². The number of anilines is 1. The number of alkyl halides is 1. The minimum atomic E-state index is -0.282. The van der Waals surface area contributed by atoms with Crippen LogP contribution in [0, 0.1) is 6.92 Å². The van der Waals surface area contributed by atoms with Crippen molar-refractivity contribution in [3.8, 4) is 16.5 Å². The number of carbonyl (C=O) groups excluding carboxylic acids is 1. The van der Waals surface area contributed by atoms with Crippen molar-refractivity contribution in [2.24, 2.45) is 0 Å². The van der Waals surface area contributed by atoms with Gasteiger partial charge in [-0.05, 0) is 24.8 Å². The molecule has 0 unspecified atom stereocenters. The summed E-state index contributed by atoms with van der Waals surface area (Å²) in [5, 5.41) is 9.25. The van der Waals surface area contributed by atoms with Crippen LogP contribution in [0.4, 0.5) is 5.82 Å². The molecule has 7 nitrogen and oxygen atoms in total. The number of aryl methyl sites for hydroxylation is 1. The maximum absolute atomic E-state index is 12.1. The zero-order chi connectivity index (χ0) is 17.8. The molecule has 9 heteroatoms. The molecule has 0 radical (unpaired) electrons. The van der Waals surface area contributed by atoms with E-state index in [1.165, 1.54) is 22.1 Å². The summed E-state index contributed by atoms with van der Waals surface area (Å²) in [6.45, 7) is 1.72. The molecule has 0 bridgehead atoms. The Morgan fingerprint density at radius 2 is 2.28 bits per heavy atom. The van der Waals surface area contributed by atoms with E-state index in [9.17, 15) is 9.59 Å². The molecule has 3 aromatic heterocycles. The van der Waals surface area contributed by atoms with Crippen molar-refractivity contribution in [1.82, 2.24) is 19.7 Å². The molecule has 0 fully saturated rings. The van der Waals surface area contributed by atoms with Crippen LogP contribution in [0.1, 0.15) is 18.5 Å². The number of nitrogens with zero attached hydrogens (tertiary/aromatic N) is 3. The fourth-order valence-electron chi connectivity index (χ4n) is 2.27. The fraction of sp³-hybridized carbons (Fsp3) is 0.250. The number of hydrogen-bond donors (Lipinski definition) is 2. The Morgan fingerprint density at radius 3 is 2.96 bits per heavy atom. The SMILES string of the molecule is Cc1cc(=O)[nH]c(-n2nc(-c3cccs3)cc2NC(=O)CCCCl)n1. The topological polar surface area (TPSA) is 92.7 Å². The van der Waals surface area contributed by atoms with E-state index in [2.05, 4.69) is 20.4 Å². The molecule has 25 heavy (non-hydrogen) atoms. The zero-order valence-corrected chi connectivity index (χ0v) is 15.0. The van der Waals surface area contributed by atoms with Crippen molar-refractivity contribution < 1.29 is 4.79 Å². The predicted octanol–water partition coefficient (Wildman–Crippen LogP) is 2.95. The van der Waals surface area contributed by atoms with Gasteiger partial charge in [0.05, 0.1) is 4.88 Å². The van der Waals surface area contributed by atoms with Crippen molar-refractivity contribution in [2.45, 2.75) is 19.8 Å². The first-order chi connectivity index (χ1) is 12.1. The highest BCUT2D eigenvalue weighted by Gasteiger charge is 2.16. The van der Waals surface area contributed by atoms with Gasteiger partial charge >= 0.3 is 0 Å². The summed E-state index contributed by atoms with van der Waals surface area (Å²) in [6.07, 6.45) is 0.889. The average Bonchev–Trinajstić information content (AvgIpc) is 3.21. The highest BCUT2D eigenvalue weighted by atomic mass is 35.5. The average molecular weight is 378 g/mol. The summed E-state index contributed by atoms with van der Waals surface area (Å²) >= 11 is 7.17. The van der Waals surface area contributed by atoms with Crippen molar-refractivity contribution >= 4 is 34.7 Å². The molecule has 0 aromatic carbocycles. The molecule has 3 heterocycles. The van der Waals surface area contributed by atoms with Crippen LogP contribution >= 0.6 is 22.9 Å². The van der Waals surface area contributed by atoms with E-state index in [4.69, 9.17) is 11.6 Å². The third-order valence-corrected chi connectivity index (χ3v) is 4.51. The van der Waals surface area contributed by atoms with Gasteiger partial charge in [-0.15, -0.1) is 22.9 Å². The standard InChI is InChI=1S/C16H16ClN5O2S/c1-10-8-15(24)20-16(18-10)22-13(19-14(23)5-2-6-17)9-11(21-22)12-4-3-7-25-12/h3-4,7-9H,2,5-6H2,1H3,(H,19,23)(H,18,20,24). The molecule has 0 saturated carbocycles. The third kappa shape index (κ3) is 4.15. The predicted molar refractivity (Wildman–Crippen MR) is 98.6 cm³/mol. The Bertz CT molecular complexity index is 932. The van der Waals surface area contributed by atoms with E-state index in [1.807, 2.05) is 17.5 Å². The second-order valence-electron chi connectivity index (χ2n) is 5.36. The molecule has 1 amide bonds. The number of amides is 1. The van der Waals surface area contributed by atoms with Gasteiger partial charge in [-0.2, -0.15) is 9.78 Å². The maximum atomic E-state index is 12.1. The lowest BCUT2D eigenvalue weighted by atomic mass is 10.3. The lowest BCUT2D eigenvalue weighted by Crippen LogP contribution is -2.18. The van der Waals surface area contributed by atoms with Crippen LogP contribution in [0.25, 0.3) is 16.5 Å².